The van der Waals surface area contributed by atoms with Crippen LogP contribution in [-0.4, -0.2) is 0 Å². The third kappa shape index (κ3) is 2.96. The van der Waals surface area contributed by atoms with Gasteiger partial charge in [-0.05, 0) is 48.9 Å². The number of hydrogen-bond acceptors (Lipinski definition) is 2. The molecule has 2 heteroatoms. The van der Waals surface area contributed by atoms with Crippen LogP contribution >= 0.6 is 11.3 Å². The molecule has 1 aromatic carbocycles. The zero-order chi connectivity index (χ0) is 12.3. The van der Waals surface area contributed by atoms with Crippen LogP contribution in [0.4, 0.5) is 0 Å². The lowest BCUT2D eigenvalue weighted by Gasteiger charge is -2.15. The van der Waals surface area contributed by atoms with Gasteiger partial charge in [0.05, 0.1) is 0 Å². The Morgan fingerprint density at radius 1 is 1.12 bits per heavy atom. The van der Waals surface area contributed by atoms with Gasteiger partial charge in [-0.1, -0.05) is 24.3 Å². The van der Waals surface area contributed by atoms with Gasteiger partial charge in [0, 0.05) is 17.5 Å². The predicted molar refractivity (Wildman–Crippen MR) is 75.5 cm³/mol. The van der Waals surface area contributed by atoms with Crippen LogP contribution in [0.3, 0.4) is 0 Å². The fraction of sp³-hybridized carbons (Fsp3) is 0.333. The lowest BCUT2D eigenvalue weighted by molar-refractivity contribution is 0.580. The van der Waals surface area contributed by atoms with Gasteiger partial charge in [-0.2, -0.15) is 0 Å². The topological polar surface area (TPSA) is 12.0 Å². The molecule has 1 atom stereocenters. The van der Waals surface area contributed by atoms with Gasteiger partial charge in [0.15, 0.2) is 0 Å². The first-order valence-corrected chi connectivity index (χ1v) is 6.88. The maximum atomic E-state index is 3.59. The summed E-state index contributed by atoms with van der Waals surface area (Å²) in [6.07, 6.45) is 0. The van der Waals surface area contributed by atoms with Crippen LogP contribution in [0, 0.1) is 13.8 Å². The van der Waals surface area contributed by atoms with Gasteiger partial charge in [0.25, 0.3) is 0 Å². The van der Waals surface area contributed by atoms with Crippen molar-refractivity contribution >= 4 is 11.3 Å². The zero-order valence-electron chi connectivity index (χ0n) is 10.7. The molecule has 0 unspecified atom stereocenters. The van der Waals surface area contributed by atoms with Gasteiger partial charge in [-0.15, -0.1) is 11.3 Å². The van der Waals surface area contributed by atoms with E-state index in [4.69, 9.17) is 0 Å². The molecule has 2 rings (SSSR count). The summed E-state index contributed by atoms with van der Waals surface area (Å²) >= 11 is 1.81. The number of benzene rings is 1. The quantitative estimate of drug-likeness (QED) is 0.850. The second-order valence-electron chi connectivity index (χ2n) is 4.49. The highest BCUT2D eigenvalue weighted by atomic mass is 32.1. The van der Waals surface area contributed by atoms with Crippen LogP contribution < -0.4 is 5.32 Å². The maximum Gasteiger partial charge on any atom is 0.0388 e. The van der Waals surface area contributed by atoms with E-state index in [-0.39, 0.29) is 0 Å². The highest BCUT2D eigenvalue weighted by Crippen LogP contribution is 2.20. The highest BCUT2D eigenvalue weighted by molar-refractivity contribution is 7.10. The first-order chi connectivity index (χ1) is 8.18. The van der Waals surface area contributed by atoms with Gasteiger partial charge in [0.1, 0.15) is 0 Å². The first kappa shape index (κ1) is 12.3. The number of nitrogens with one attached hydrogen (secondary N) is 1. The average Bonchev–Trinajstić information content (AvgIpc) is 2.81. The molecule has 1 aromatic heterocycles. The second-order valence-corrected chi connectivity index (χ2v) is 5.47. The van der Waals surface area contributed by atoms with Crippen molar-refractivity contribution in [2.45, 2.75) is 33.4 Å². The van der Waals surface area contributed by atoms with Crippen LogP contribution in [0.25, 0.3) is 0 Å². The summed E-state index contributed by atoms with van der Waals surface area (Å²) in [6, 6.07) is 11.2. The summed E-state index contributed by atoms with van der Waals surface area (Å²) in [4.78, 5) is 1.40. The van der Waals surface area contributed by atoms with Crippen molar-refractivity contribution in [3.8, 4) is 0 Å². The van der Waals surface area contributed by atoms with E-state index in [1.165, 1.54) is 21.6 Å². The summed E-state index contributed by atoms with van der Waals surface area (Å²) in [7, 11) is 0. The standard InChI is InChI=1S/C15H19NS/c1-11-6-4-7-12(2)14(11)10-16-13(3)15-8-5-9-17-15/h4-9,13,16H,10H2,1-3H3/t13-/m1/s1. The van der Waals surface area contributed by atoms with Crippen LogP contribution in [0.2, 0.25) is 0 Å². The minimum Gasteiger partial charge on any atom is -0.305 e. The first-order valence-electron chi connectivity index (χ1n) is 6.00. The molecule has 0 saturated heterocycles. The number of thiophene rings is 1. The van der Waals surface area contributed by atoms with Crippen molar-refractivity contribution in [2.75, 3.05) is 0 Å². The lowest BCUT2D eigenvalue weighted by Crippen LogP contribution is -2.18. The largest absolute Gasteiger partial charge is 0.305 e. The average molecular weight is 245 g/mol. The van der Waals surface area contributed by atoms with Crippen molar-refractivity contribution in [1.29, 1.82) is 0 Å². The van der Waals surface area contributed by atoms with Gasteiger partial charge < -0.3 is 5.32 Å². The Morgan fingerprint density at radius 3 is 2.41 bits per heavy atom. The van der Waals surface area contributed by atoms with Crippen LogP contribution in [0.5, 0.6) is 0 Å². The lowest BCUT2D eigenvalue weighted by atomic mass is 10.0. The number of rotatable bonds is 4. The van der Waals surface area contributed by atoms with Crippen molar-refractivity contribution in [3.63, 3.8) is 0 Å². The summed E-state index contributed by atoms with van der Waals surface area (Å²) in [6.45, 7) is 7.52. The van der Waals surface area contributed by atoms with E-state index < -0.39 is 0 Å². The molecular weight excluding hydrogens is 226 g/mol. The molecule has 90 valence electrons. The molecule has 0 aliphatic carbocycles. The molecule has 1 heterocycles. The minimum absolute atomic E-state index is 0.425. The van der Waals surface area contributed by atoms with Gasteiger partial charge in [0.2, 0.25) is 0 Å². The van der Waals surface area contributed by atoms with Crippen molar-refractivity contribution in [2.24, 2.45) is 0 Å². The molecule has 0 amide bonds. The predicted octanol–water partition coefficient (Wildman–Crippen LogP) is 4.22. The van der Waals surface area contributed by atoms with E-state index in [1.54, 1.807) is 0 Å². The number of hydrogen-bond donors (Lipinski definition) is 1. The van der Waals surface area contributed by atoms with E-state index in [0.717, 1.165) is 6.54 Å². The molecule has 0 spiro atoms. The Bertz CT molecular complexity index is 453. The van der Waals surface area contributed by atoms with Gasteiger partial charge in [-0.3, -0.25) is 0 Å². The molecule has 1 nitrogen and oxygen atoms in total. The fourth-order valence-corrected chi connectivity index (χ4v) is 2.78. The van der Waals surface area contributed by atoms with Crippen LogP contribution in [0.1, 0.15) is 34.5 Å². The molecule has 0 radical (unpaired) electrons. The highest BCUT2D eigenvalue weighted by Gasteiger charge is 2.07. The number of aryl methyl sites for hydroxylation is 2. The normalized spacial score (nSPS) is 12.6. The smallest absolute Gasteiger partial charge is 0.0388 e. The zero-order valence-corrected chi connectivity index (χ0v) is 11.5. The second kappa shape index (κ2) is 5.48. The minimum atomic E-state index is 0.425. The molecule has 0 fully saturated rings. The molecule has 0 aliphatic heterocycles. The maximum absolute atomic E-state index is 3.59. The van der Waals surface area contributed by atoms with E-state index in [1.807, 2.05) is 11.3 Å². The summed E-state index contributed by atoms with van der Waals surface area (Å²) in [5, 5.41) is 5.72. The van der Waals surface area contributed by atoms with Crippen molar-refractivity contribution < 1.29 is 0 Å². The fourth-order valence-electron chi connectivity index (χ4n) is 2.02. The van der Waals surface area contributed by atoms with E-state index in [0.29, 0.717) is 6.04 Å². The Labute approximate surface area is 108 Å². The Hall–Kier alpha value is -1.12. The molecule has 1 N–H and O–H groups in total. The summed E-state index contributed by atoms with van der Waals surface area (Å²) in [5.41, 5.74) is 4.17. The molecule has 17 heavy (non-hydrogen) atoms. The van der Waals surface area contributed by atoms with E-state index in [9.17, 15) is 0 Å². The van der Waals surface area contributed by atoms with Gasteiger partial charge >= 0.3 is 0 Å². The Kier molecular flexibility index (Phi) is 3.97. The Morgan fingerprint density at radius 2 is 1.82 bits per heavy atom. The molecule has 0 aliphatic rings. The summed E-state index contributed by atoms with van der Waals surface area (Å²) < 4.78 is 0. The van der Waals surface area contributed by atoms with Crippen molar-refractivity contribution in [1.82, 2.24) is 5.32 Å². The molecular formula is C15H19NS. The molecule has 0 saturated carbocycles. The summed E-state index contributed by atoms with van der Waals surface area (Å²) in [5.74, 6) is 0. The van der Waals surface area contributed by atoms with Gasteiger partial charge in [-0.25, -0.2) is 0 Å². The third-order valence-electron chi connectivity index (χ3n) is 3.20. The Balaban J connectivity index is 2.03. The van der Waals surface area contributed by atoms with Crippen LogP contribution in [-0.2, 0) is 6.54 Å². The SMILES string of the molecule is Cc1cccc(C)c1CN[C@H](C)c1cccs1. The molecule has 2 aromatic rings. The van der Waals surface area contributed by atoms with Crippen molar-refractivity contribution in [3.05, 3.63) is 57.3 Å². The molecule has 0 bridgehead atoms. The van der Waals surface area contributed by atoms with E-state index in [2.05, 4.69) is 61.8 Å². The third-order valence-corrected chi connectivity index (χ3v) is 4.25. The van der Waals surface area contributed by atoms with Crippen LogP contribution in [0.15, 0.2) is 35.7 Å². The van der Waals surface area contributed by atoms with E-state index >= 15 is 0 Å². The monoisotopic (exact) mass is 245 g/mol.